The fourth-order valence-corrected chi connectivity index (χ4v) is 2.90. The molecule has 1 aliphatic heterocycles. The highest BCUT2D eigenvalue weighted by molar-refractivity contribution is 6.29. The molecule has 3 rings (SSSR count). The lowest BCUT2D eigenvalue weighted by Crippen LogP contribution is -2.26. The first kappa shape index (κ1) is 15.0. The Morgan fingerprint density at radius 2 is 2.14 bits per heavy atom. The van der Waals surface area contributed by atoms with Crippen LogP contribution in [0.25, 0.3) is 0 Å². The lowest BCUT2D eigenvalue weighted by atomic mass is 9.91. The maximum absolute atomic E-state index is 12.0. The Morgan fingerprint density at radius 1 is 1.36 bits per heavy atom. The van der Waals surface area contributed by atoms with E-state index in [9.17, 15) is 4.79 Å². The van der Waals surface area contributed by atoms with Crippen LogP contribution in [0.15, 0.2) is 29.2 Å². The highest BCUT2D eigenvalue weighted by Crippen LogP contribution is 2.25. The molecule has 2 aromatic heterocycles. The highest BCUT2D eigenvalue weighted by Gasteiger charge is 2.15. The highest BCUT2D eigenvalue weighted by atomic mass is 35.5. The second kappa shape index (κ2) is 6.46. The fourth-order valence-electron chi connectivity index (χ4n) is 2.68. The maximum Gasteiger partial charge on any atom is 0.290 e. The van der Waals surface area contributed by atoms with Crippen LogP contribution >= 0.6 is 11.6 Å². The van der Waals surface area contributed by atoms with E-state index in [0.717, 1.165) is 25.9 Å². The minimum Gasteiger partial charge on any atom is -0.336 e. The third kappa shape index (κ3) is 3.28. The number of nitrogens with zero attached hydrogens (tertiary/aromatic N) is 3. The summed E-state index contributed by atoms with van der Waals surface area (Å²) < 4.78 is 1.20. The van der Waals surface area contributed by atoms with Crippen LogP contribution in [0.3, 0.4) is 0 Å². The van der Waals surface area contributed by atoms with E-state index in [-0.39, 0.29) is 10.7 Å². The van der Waals surface area contributed by atoms with Crippen LogP contribution in [0, 0.1) is 0 Å². The van der Waals surface area contributed by atoms with E-state index in [0.29, 0.717) is 17.4 Å². The van der Waals surface area contributed by atoms with Crippen LogP contribution in [0.5, 0.6) is 0 Å². The Kier molecular flexibility index (Phi) is 4.40. The molecule has 1 saturated heterocycles. The molecular weight excluding hydrogens is 302 g/mol. The van der Waals surface area contributed by atoms with Crippen LogP contribution in [0.2, 0.25) is 5.15 Å². The largest absolute Gasteiger partial charge is 0.336 e. The van der Waals surface area contributed by atoms with Gasteiger partial charge in [-0.25, -0.2) is 9.67 Å². The molecule has 1 fully saturated rings. The van der Waals surface area contributed by atoms with E-state index in [2.05, 4.69) is 26.8 Å². The van der Waals surface area contributed by atoms with Crippen LogP contribution in [-0.2, 0) is 7.05 Å². The van der Waals surface area contributed by atoms with Gasteiger partial charge in [0, 0.05) is 19.3 Å². The summed E-state index contributed by atoms with van der Waals surface area (Å²) in [7, 11) is 1.56. The minimum absolute atomic E-state index is 0.242. The molecule has 0 spiro atoms. The summed E-state index contributed by atoms with van der Waals surface area (Å²) in [6.45, 7) is 2.10. The predicted molar refractivity (Wildman–Crippen MR) is 86.9 cm³/mol. The van der Waals surface area contributed by atoms with Crippen molar-refractivity contribution in [3.8, 4) is 0 Å². The van der Waals surface area contributed by atoms with E-state index in [1.807, 2.05) is 12.3 Å². The summed E-state index contributed by atoms with van der Waals surface area (Å²) in [5, 5.41) is 10.5. The first-order chi connectivity index (χ1) is 10.6. The first-order valence-corrected chi connectivity index (χ1v) is 7.69. The zero-order valence-corrected chi connectivity index (χ0v) is 13.1. The average molecular weight is 320 g/mol. The molecule has 2 aromatic rings. The molecule has 0 atom stereocenters. The Balaban J connectivity index is 1.77. The quantitative estimate of drug-likeness (QED) is 0.906. The van der Waals surface area contributed by atoms with E-state index in [1.54, 1.807) is 7.05 Å². The zero-order valence-electron chi connectivity index (χ0n) is 12.3. The van der Waals surface area contributed by atoms with Crippen molar-refractivity contribution >= 4 is 23.1 Å². The number of hydrogen-bond acceptors (Lipinski definition) is 5. The van der Waals surface area contributed by atoms with Crippen LogP contribution in [0.1, 0.15) is 24.3 Å². The molecule has 0 unspecified atom stereocenters. The molecule has 2 N–H and O–H groups in total. The molecule has 0 aliphatic carbocycles. The van der Waals surface area contributed by atoms with E-state index in [1.165, 1.54) is 16.3 Å². The number of aromatic nitrogens is 3. The van der Waals surface area contributed by atoms with Crippen molar-refractivity contribution in [1.29, 1.82) is 0 Å². The molecule has 0 saturated carbocycles. The number of aryl methyl sites for hydroxylation is 1. The summed E-state index contributed by atoms with van der Waals surface area (Å²) in [4.78, 5) is 16.4. The second-order valence-electron chi connectivity index (χ2n) is 5.44. The normalized spacial score (nSPS) is 15.7. The van der Waals surface area contributed by atoms with Crippen molar-refractivity contribution in [2.24, 2.45) is 7.05 Å². The summed E-state index contributed by atoms with van der Waals surface area (Å²) in [5.74, 6) is 1.18. The molecule has 0 bridgehead atoms. The standard InChI is InChI=1S/C15H18ClN5O/c1-21-15(22)12(8-13(16)20-21)19-14-3-2-11(9-18-14)10-4-6-17-7-5-10/h2-3,8-10,17H,4-7H2,1H3,(H,18,19). The van der Waals surface area contributed by atoms with Gasteiger partial charge in [0.15, 0.2) is 5.15 Å². The van der Waals surface area contributed by atoms with Crippen molar-refractivity contribution in [3.63, 3.8) is 0 Å². The number of anilines is 2. The summed E-state index contributed by atoms with van der Waals surface area (Å²) in [6.07, 6.45) is 4.15. The van der Waals surface area contributed by atoms with Crippen molar-refractivity contribution < 1.29 is 0 Å². The van der Waals surface area contributed by atoms with Gasteiger partial charge in [-0.1, -0.05) is 17.7 Å². The number of rotatable bonds is 3. The molecule has 3 heterocycles. The molecule has 0 aromatic carbocycles. The SMILES string of the molecule is Cn1nc(Cl)cc(Nc2ccc(C3CCNCC3)cn2)c1=O. The van der Waals surface area contributed by atoms with E-state index in [4.69, 9.17) is 11.6 Å². The van der Waals surface area contributed by atoms with Gasteiger partial charge in [-0.15, -0.1) is 0 Å². The fraction of sp³-hybridized carbons (Fsp3) is 0.400. The topological polar surface area (TPSA) is 71.8 Å². The predicted octanol–water partition coefficient (Wildman–Crippen LogP) is 2.04. The first-order valence-electron chi connectivity index (χ1n) is 7.31. The molecule has 116 valence electrons. The monoisotopic (exact) mass is 319 g/mol. The lowest BCUT2D eigenvalue weighted by Gasteiger charge is -2.22. The van der Waals surface area contributed by atoms with Crippen molar-refractivity contribution in [1.82, 2.24) is 20.1 Å². The number of halogens is 1. The van der Waals surface area contributed by atoms with Gasteiger partial charge in [0.2, 0.25) is 0 Å². The van der Waals surface area contributed by atoms with Crippen molar-refractivity contribution in [2.75, 3.05) is 18.4 Å². The third-order valence-corrected chi connectivity index (χ3v) is 4.08. The Bertz CT molecular complexity index is 707. The Hall–Kier alpha value is -1.92. The Labute approximate surface area is 133 Å². The molecule has 7 heteroatoms. The zero-order chi connectivity index (χ0) is 15.5. The molecule has 6 nitrogen and oxygen atoms in total. The number of hydrogen-bond donors (Lipinski definition) is 2. The molecule has 0 amide bonds. The number of nitrogens with one attached hydrogen (secondary N) is 2. The van der Waals surface area contributed by atoms with Gasteiger partial charge in [0.1, 0.15) is 11.5 Å². The van der Waals surface area contributed by atoms with Gasteiger partial charge >= 0.3 is 0 Å². The molecule has 1 aliphatic rings. The van der Waals surface area contributed by atoms with Crippen molar-refractivity contribution in [2.45, 2.75) is 18.8 Å². The lowest BCUT2D eigenvalue weighted by molar-refractivity contribution is 0.459. The van der Waals surface area contributed by atoms with Gasteiger partial charge in [-0.2, -0.15) is 5.10 Å². The van der Waals surface area contributed by atoms with Crippen LogP contribution < -0.4 is 16.2 Å². The number of piperidine rings is 1. The van der Waals surface area contributed by atoms with Crippen molar-refractivity contribution in [3.05, 3.63) is 45.5 Å². The smallest absolute Gasteiger partial charge is 0.290 e. The van der Waals surface area contributed by atoms with Gasteiger partial charge in [0.25, 0.3) is 5.56 Å². The minimum atomic E-state index is -0.242. The average Bonchev–Trinajstić information content (AvgIpc) is 2.54. The van der Waals surface area contributed by atoms with E-state index < -0.39 is 0 Å². The van der Waals surface area contributed by atoms with Gasteiger partial charge in [0.05, 0.1) is 0 Å². The maximum atomic E-state index is 12.0. The van der Waals surface area contributed by atoms with Gasteiger partial charge in [-0.3, -0.25) is 4.79 Å². The van der Waals surface area contributed by atoms with Gasteiger partial charge < -0.3 is 10.6 Å². The van der Waals surface area contributed by atoms with Gasteiger partial charge in [-0.05, 0) is 43.5 Å². The van der Waals surface area contributed by atoms with E-state index >= 15 is 0 Å². The van der Waals surface area contributed by atoms with Crippen LogP contribution in [0.4, 0.5) is 11.5 Å². The van der Waals surface area contributed by atoms with Crippen LogP contribution in [-0.4, -0.2) is 27.9 Å². The summed E-state index contributed by atoms with van der Waals surface area (Å²) in [5.41, 5.74) is 1.37. The molecule has 0 radical (unpaired) electrons. The molecule has 22 heavy (non-hydrogen) atoms. The summed E-state index contributed by atoms with van der Waals surface area (Å²) >= 11 is 5.88. The number of pyridine rings is 1. The summed E-state index contributed by atoms with van der Waals surface area (Å²) in [6, 6.07) is 5.47. The second-order valence-corrected chi connectivity index (χ2v) is 5.82. The Morgan fingerprint density at radius 3 is 2.82 bits per heavy atom. The third-order valence-electron chi connectivity index (χ3n) is 3.89. The molecular formula is C15H18ClN5O.